The van der Waals surface area contributed by atoms with Crippen molar-refractivity contribution in [2.75, 3.05) is 24.7 Å². The molecule has 0 spiro atoms. The summed E-state index contributed by atoms with van der Waals surface area (Å²) < 4.78 is 23.9. The van der Waals surface area contributed by atoms with E-state index in [0.29, 0.717) is 29.3 Å². The number of fused-ring (bicyclic) bond motifs is 1. The zero-order valence-corrected chi connectivity index (χ0v) is 17.6. The molecule has 33 heavy (non-hydrogen) atoms. The molecule has 0 aliphatic carbocycles. The summed E-state index contributed by atoms with van der Waals surface area (Å²) in [4.78, 5) is 38.9. The highest BCUT2D eigenvalue weighted by molar-refractivity contribution is 6.04. The Labute approximate surface area is 189 Å². The maximum Gasteiger partial charge on any atom is 0.265 e. The van der Waals surface area contributed by atoms with Gasteiger partial charge in [0.15, 0.2) is 19.0 Å². The average Bonchev–Trinajstić information content (AvgIpc) is 2.84. The van der Waals surface area contributed by atoms with Gasteiger partial charge in [0, 0.05) is 12.1 Å². The van der Waals surface area contributed by atoms with E-state index in [-0.39, 0.29) is 37.4 Å². The van der Waals surface area contributed by atoms with E-state index in [2.05, 4.69) is 5.32 Å². The lowest BCUT2D eigenvalue weighted by Crippen LogP contribution is -2.45. The van der Waals surface area contributed by atoms with E-state index < -0.39 is 5.82 Å². The van der Waals surface area contributed by atoms with Gasteiger partial charge in [-0.2, -0.15) is 0 Å². The molecular formula is C25H21FN2O5. The average molecular weight is 448 g/mol. The summed E-state index contributed by atoms with van der Waals surface area (Å²) in [6.07, 6.45) is 0. The number of anilines is 1. The van der Waals surface area contributed by atoms with Crippen molar-refractivity contribution in [1.29, 1.82) is 0 Å². The summed E-state index contributed by atoms with van der Waals surface area (Å²) in [6, 6.07) is 19.4. The summed E-state index contributed by atoms with van der Waals surface area (Å²) in [5.41, 5.74) is 1.58. The van der Waals surface area contributed by atoms with Crippen molar-refractivity contribution in [2.24, 2.45) is 0 Å². The standard InChI is InChI=1S/C25H21FN2O5/c26-19-7-9-20(10-8-19)32-15-22(29)18-6-11-23-21(12-18)28(25(31)16-33-23)14-24(30)27-13-17-4-2-1-3-5-17/h1-12H,13-16H2,(H,27,30). The predicted octanol–water partition coefficient (Wildman–Crippen LogP) is 3.13. The molecule has 168 valence electrons. The highest BCUT2D eigenvalue weighted by Crippen LogP contribution is 2.33. The highest BCUT2D eigenvalue weighted by Gasteiger charge is 2.28. The van der Waals surface area contributed by atoms with Gasteiger partial charge in [0.05, 0.1) is 5.69 Å². The van der Waals surface area contributed by atoms with Crippen LogP contribution in [0.25, 0.3) is 0 Å². The number of ketones is 1. The van der Waals surface area contributed by atoms with Crippen LogP contribution in [0.4, 0.5) is 10.1 Å². The molecule has 1 aliphatic heterocycles. The fourth-order valence-corrected chi connectivity index (χ4v) is 3.31. The first-order valence-corrected chi connectivity index (χ1v) is 10.3. The number of benzene rings is 3. The molecule has 0 radical (unpaired) electrons. The molecule has 3 aromatic rings. The van der Waals surface area contributed by atoms with E-state index in [1.807, 2.05) is 30.3 Å². The maximum absolute atomic E-state index is 13.0. The number of amides is 2. The Kier molecular flexibility index (Phi) is 6.64. The van der Waals surface area contributed by atoms with Crippen molar-refractivity contribution in [2.45, 2.75) is 6.54 Å². The first-order chi connectivity index (χ1) is 16.0. The van der Waals surface area contributed by atoms with E-state index in [9.17, 15) is 18.8 Å². The lowest BCUT2D eigenvalue weighted by atomic mass is 10.1. The largest absolute Gasteiger partial charge is 0.485 e. The van der Waals surface area contributed by atoms with Crippen LogP contribution in [0.3, 0.4) is 0 Å². The molecule has 0 aromatic heterocycles. The Morgan fingerprint density at radius 1 is 1.03 bits per heavy atom. The van der Waals surface area contributed by atoms with Crippen LogP contribution in [-0.4, -0.2) is 37.4 Å². The van der Waals surface area contributed by atoms with Gasteiger partial charge in [-0.15, -0.1) is 0 Å². The Hall–Kier alpha value is -4.20. The maximum atomic E-state index is 13.0. The minimum absolute atomic E-state index is 0.195. The molecule has 1 aliphatic rings. The SMILES string of the molecule is O=C(CN1C(=O)COc2ccc(C(=O)COc3ccc(F)cc3)cc21)NCc1ccccc1. The Morgan fingerprint density at radius 3 is 2.55 bits per heavy atom. The third-order valence-electron chi connectivity index (χ3n) is 5.04. The lowest BCUT2D eigenvalue weighted by Gasteiger charge is -2.29. The van der Waals surface area contributed by atoms with Gasteiger partial charge in [-0.25, -0.2) is 4.39 Å². The monoisotopic (exact) mass is 448 g/mol. The van der Waals surface area contributed by atoms with Gasteiger partial charge in [0.25, 0.3) is 5.91 Å². The fraction of sp³-hybridized carbons (Fsp3) is 0.160. The second kappa shape index (κ2) is 9.95. The van der Waals surface area contributed by atoms with Crippen molar-refractivity contribution in [3.8, 4) is 11.5 Å². The number of carbonyl (C=O) groups is 3. The molecule has 7 nitrogen and oxygen atoms in total. The van der Waals surface area contributed by atoms with Crippen molar-refractivity contribution in [3.63, 3.8) is 0 Å². The van der Waals surface area contributed by atoms with Crippen molar-refractivity contribution >= 4 is 23.3 Å². The van der Waals surface area contributed by atoms with E-state index in [0.717, 1.165) is 5.56 Å². The van der Waals surface area contributed by atoms with E-state index in [1.165, 1.54) is 35.2 Å². The summed E-state index contributed by atoms with van der Waals surface area (Å²) in [5.74, 6) is -0.699. The van der Waals surface area contributed by atoms with E-state index >= 15 is 0 Å². The second-order valence-electron chi connectivity index (χ2n) is 7.38. The summed E-state index contributed by atoms with van der Waals surface area (Å²) in [5, 5.41) is 2.79. The van der Waals surface area contributed by atoms with Crippen LogP contribution in [-0.2, 0) is 16.1 Å². The van der Waals surface area contributed by atoms with Crippen LogP contribution in [0.1, 0.15) is 15.9 Å². The van der Waals surface area contributed by atoms with Crippen LogP contribution < -0.4 is 19.7 Å². The number of nitrogens with one attached hydrogen (secondary N) is 1. The molecule has 0 fully saturated rings. The zero-order valence-electron chi connectivity index (χ0n) is 17.6. The zero-order chi connectivity index (χ0) is 23.2. The van der Waals surface area contributed by atoms with E-state index in [1.54, 1.807) is 12.1 Å². The summed E-state index contributed by atoms with van der Waals surface area (Å²) in [6.45, 7) is -0.327. The normalized spacial score (nSPS) is 12.5. The molecule has 2 amide bonds. The number of nitrogens with zero attached hydrogens (tertiary/aromatic N) is 1. The number of carbonyl (C=O) groups excluding carboxylic acids is 3. The number of hydrogen-bond donors (Lipinski definition) is 1. The Bertz CT molecular complexity index is 1170. The number of Topliss-reactive ketones (excluding diaryl/α,β-unsaturated/α-hetero) is 1. The van der Waals surface area contributed by atoms with Crippen molar-refractivity contribution in [1.82, 2.24) is 5.32 Å². The molecule has 8 heteroatoms. The minimum atomic E-state index is -0.402. The molecule has 0 unspecified atom stereocenters. The van der Waals surface area contributed by atoms with E-state index in [4.69, 9.17) is 9.47 Å². The molecule has 4 rings (SSSR count). The number of rotatable bonds is 8. The molecule has 0 saturated carbocycles. The number of ether oxygens (including phenoxy) is 2. The van der Waals surface area contributed by atoms with Gasteiger partial charge in [-0.1, -0.05) is 30.3 Å². The summed E-state index contributed by atoms with van der Waals surface area (Å²) in [7, 11) is 0. The van der Waals surface area contributed by atoms with Gasteiger partial charge >= 0.3 is 0 Å². The van der Waals surface area contributed by atoms with Gasteiger partial charge in [-0.05, 0) is 48.0 Å². The molecule has 0 bridgehead atoms. The van der Waals surface area contributed by atoms with Gasteiger partial charge < -0.3 is 14.8 Å². The van der Waals surface area contributed by atoms with Gasteiger partial charge in [0.1, 0.15) is 23.9 Å². The third-order valence-corrected chi connectivity index (χ3v) is 5.04. The van der Waals surface area contributed by atoms with Crippen LogP contribution in [0.2, 0.25) is 0 Å². The fourth-order valence-electron chi connectivity index (χ4n) is 3.31. The minimum Gasteiger partial charge on any atom is -0.485 e. The lowest BCUT2D eigenvalue weighted by molar-refractivity contribution is -0.125. The third kappa shape index (κ3) is 5.54. The second-order valence-corrected chi connectivity index (χ2v) is 7.38. The van der Waals surface area contributed by atoms with Gasteiger partial charge in [0.2, 0.25) is 5.91 Å². The highest BCUT2D eigenvalue weighted by atomic mass is 19.1. The Balaban J connectivity index is 1.43. The quantitative estimate of drug-likeness (QED) is 0.536. The van der Waals surface area contributed by atoms with Crippen molar-refractivity contribution < 1.29 is 28.2 Å². The van der Waals surface area contributed by atoms with Crippen LogP contribution in [0, 0.1) is 5.82 Å². The smallest absolute Gasteiger partial charge is 0.265 e. The van der Waals surface area contributed by atoms with Crippen LogP contribution in [0.15, 0.2) is 72.8 Å². The topological polar surface area (TPSA) is 84.9 Å². The van der Waals surface area contributed by atoms with Crippen LogP contribution in [0.5, 0.6) is 11.5 Å². The molecule has 1 heterocycles. The van der Waals surface area contributed by atoms with Gasteiger partial charge in [-0.3, -0.25) is 19.3 Å². The predicted molar refractivity (Wildman–Crippen MR) is 119 cm³/mol. The first kappa shape index (κ1) is 22.0. The Morgan fingerprint density at radius 2 is 1.79 bits per heavy atom. The molecule has 0 atom stereocenters. The number of halogens is 1. The molecule has 1 N–H and O–H groups in total. The summed E-state index contributed by atoms with van der Waals surface area (Å²) >= 11 is 0. The van der Waals surface area contributed by atoms with Crippen LogP contribution >= 0.6 is 0 Å². The van der Waals surface area contributed by atoms with Crippen molar-refractivity contribution in [3.05, 3.63) is 89.7 Å². The number of hydrogen-bond acceptors (Lipinski definition) is 5. The molecule has 0 saturated heterocycles. The molecule has 3 aromatic carbocycles. The molecular weight excluding hydrogens is 427 g/mol. The first-order valence-electron chi connectivity index (χ1n) is 10.3.